The van der Waals surface area contributed by atoms with Crippen LogP contribution in [0.3, 0.4) is 0 Å². The molecule has 0 amide bonds. The Bertz CT molecular complexity index is 734. The molecule has 0 bridgehead atoms. The topological polar surface area (TPSA) is 68.3 Å². The molecule has 0 spiro atoms. The van der Waals surface area contributed by atoms with Crippen molar-refractivity contribution in [1.82, 2.24) is 0 Å². The summed E-state index contributed by atoms with van der Waals surface area (Å²) in [5, 5.41) is 0. The van der Waals surface area contributed by atoms with Gasteiger partial charge in [-0.15, -0.1) is 0 Å². The summed E-state index contributed by atoms with van der Waals surface area (Å²) < 4.78 is 24.1. The molecule has 5 heteroatoms. The number of carbonyl (C=O) groups excluding carboxylic acids is 2. The number of ketones is 2. The summed E-state index contributed by atoms with van der Waals surface area (Å²) in [4.78, 5) is 23.8. The Kier molecular flexibility index (Phi) is 4.65. The molecule has 0 unspecified atom stereocenters. The van der Waals surface area contributed by atoms with Crippen molar-refractivity contribution < 1.29 is 18.0 Å². The van der Waals surface area contributed by atoms with Gasteiger partial charge >= 0.3 is 0 Å². The van der Waals surface area contributed by atoms with E-state index in [1.807, 2.05) is 0 Å². The molecule has 0 aromatic heterocycles. The summed E-state index contributed by atoms with van der Waals surface area (Å²) in [5.41, 5.74) is 0.406. The molecule has 0 fully saturated rings. The summed E-state index contributed by atoms with van der Waals surface area (Å²) in [6.45, 7) is 0. The molecule has 108 valence electrons. The van der Waals surface area contributed by atoms with Gasteiger partial charge < -0.3 is 0 Å². The van der Waals surface area contributed by atoms with Crippen LogP contribution >= 0.6 is 0 Å². The molecule has 0 aliphatic heterocycles. The molecule has 0 radical (unpaired) electrons. The van der Waals surface area contributed by atoms with Crippen LogP contribution in [0, 0.1) is 0 Å². The number of hydrogen-bond acceptors (Lipinski definition) is 4. The minimum Gasteiger partial charge on any atom is -0.298 e. The first-order chi connectivity index (χ1) is 9.99. The van der Waals surface area contributed by atoms with Crippen LogP contribution < -0.4 is 0 Å². The third-order valence-corrected chi connectivity index (χ3v) is 4.60. The summed E-state index contributed by atoms with van der Waals surface area (Å²) in [6, 6.07) is 16.1. The molecule has 0 atom stereocenters. The monoisotopic (exact) mass is 302 g/mol. The predicted molar refractivity (Wildman–Crippen MR) is 78.9 cm³/mol. The van der Waals surface area contributed by atoms with Gasteiger partial charge in [-0.2, -0.15) is 0 Å². The van der Waals surface area contributed by atoms with E-state index in [-0.39, 0.29) is 10.7 Å². The minimum atomic E-state index is -3.69. The van der Waals surface area contributed by atoms with Crippen molar-refractivity contribution in [1.29, 1.82) is 0 Å². The van der Waals surface area contributed by atoms with Gasteiger partial charge in [0.2, 0.25) is 0 Å². The van der Waals surface area contributed by atoms with Gasteiger partial charge in [0, 0.05) is 5.56 Å². The van der Waals surface area contributed by atoms with E-state index < -0.39 is 27.8 Å². The van der Waals surface area contributed by atoms with Crippen molar-refractivity contribution in [2.75, 3.05) is 5.75 Å². The molecule has 0 N–H and O–H groups in total. The first-order valence-electron chi connectivity index (χ1n) is 6.37. The third-order valence-electron chi connectivity index (χ3n) is 2.91. The van der Waals surface area contributed by atoms with E-state index in [0.717, 1.165) is 0 Å². The minimum absolute atomic E-state index is 0.0884. The molecule has 0 saturated heterocycles. The first-order valence-corrected chi connectivity index (χ1v) is 8.02. The first kappa shape index (κ1) is 15.1. The van der Waals surface area contributed by atoms with Crippen molar-refractivity contribution in [3.05, 3.63) is 66.2 Å². The number of Topliss-reactive ketones (excluding diaryl/α,β-unsaturated/α-hetero) is 2. The highest BCUT2D eigenvalue weighted by Crippen LogP contribution is 2.12. The van der Waals surface area contributed by atoms with Gasteiger partial charge in [-0.3, -0.25) is 9.59 Å². The molecule has 0 saturated carbocycles. The largest absolute Gasteiger partial charge is 0.298 e. The van der Waals surface area contributed by atoms with Crippen LogP contribution in [0.15, 0.2) is 65.6 Å². The van der Waals surface area contributed by atoms with Crippen molar-refractivity contribution in [3.63, 3.8) is 0 Å². The number of carbonyl (C=O) groups is 2. The zero-order valence-electron chi connectivity index (χ0n) is 11.2. The Labute approximate surface area is 123 Å². The highest BCUT2D eigenvalue weighted by Gasteiger charge is 2.21. The lowest BCUT2D eigenvalue weighted by molar-refractivity contribution is -0.115. The quantitative estimate of drug-likeness (QED) is 0.606. The fourth-order valence-electron chi connectivity index (χ4n) is 1.88. The van der Waals surface area contributed by atoms with Crippen LogP contribution in [-0.4, -0.2) is 25.7 Å². The Morgan fingerprint density at radius 2 is 1.33 bits per heavy atom. The van der Waals surface area contributed by atoms with Crippen molar-refractivity contribution in [3.8, 4) is 0 Å². The number of hydrogen-bond donors (Lipinski definition) is 0. The van der Waals surface area contributed by atoms with E-state index >= 15 is 0 Å². The van der Waals surface area contributed by atoms with Crippen LogP contribution in [0.25, 0.3) is 0 Å². The maximum Gasteiger partial charge on any atom is 0.185 e. The normalized spacial score (nSPS) is 11.0. The van der Waals surface area contributed by atoms with Crippen LogP contribution in [-0.2, 0) is 14.6 Å². The molecular formula is C16H14O4S. The molecule has 0 aliphatic carbocycles. The number of sulfone groups is 1. The Morgan fingerprint density at radius 3 is 1.90 bits per heavy atom. The average molecular weight is 302 g/mol. The van der Waals surface area contributed by atoms with Gasteiger partial charge in [0.1, 0.15) is 5.75 Å². The van der Waals surface area contributed by atoms with E-state index in [9.17, 15) is 18.0 Å². The SMILES string of the molecule is O=C(CC(=O)c1ccccc1)CS(=O)(=O)c1ccccc1. The van der Waals surface area contributed by atoms with Crippen LogP contribution in [0.2, 0.25) is 0 Å². The van der Waals surface area contributed by atoms with Gasteiger partial charge in [-0.25, -0.2) is 8.42 Å². The van der Waals surface area contributed by atoms with Gasteiger partial charge in [-0.05, 0) is 12.1 Å². The van der Waals surface area contributed by atoms with Crippen LogP contribution in [0.4, 0.5) is 0 Å². The molecule has 2 rings (SSSR count). The number of benzene rings is 2. The second-order valence-corrected chi connectivity index (χ2v) is 6.57. The van der Waals surface area contributed by atoms with Crippen LogP contribution in [0.5, 0.6) is 0 Å². The standard InChI is InChI=1S/C16H14O4S/c17-14(11-16(18)13-7-3-1-4-8-13)12-21(19,20)15-9-5-2-6-10-15/h1-10H,11-12H2. The zero-order valence-corrected chi connectivity index (χ0v) is 12.0. The van der Waals surface area contributed by atoms with Crippen molar-refractivity contribution >= 4 is 21.4 Å². The average Bonchev–Trinajstić information content (AvgIpc) is 2.48. The molecule has 4 nitrogen and oxygen atoms in total. The Balaban J connectivity index is 2.04. The highest BCUT2D eigenvalue weighted by atomic mass is 32.2. The molecule has 2 aromatic carbocycles. The van der Waals surface area contributed by atoms with Crippen molar-refractivity contribution in [2.45, 2.75) is 11.3 Å². The smallest absolute Gasteiger partial charge is 0.185 e. The number of rotatable bonds is 6. The predicted octanol–water partition coefficient (Wildman–Crippen LogP) is 2.30. The summed E-state index contributed by atoms with van der Waals surface area (Å²) in [7, 11) is -3.69. The second kappa shape index (κ2) is 6.45. The molecular weight excluding hydrogens is 288 g/mol. The Morgan fingerprint density at radius 1 is 0.810 bits per heavy atom. The van der Waals surface area contributed by atoms with E-state index in [1.54, 1.807) is 48.5 Å². The summed E-state index contributed by atoms with van der Waals surface area (Å²) >= 11 is 0. The lowest BCUT2D eigenvalue weighted by Gasteiger charge is -2.04. The highest BCUT2D eigenvalue weighted by molar-refractivity contribution is 7.92. The molecule has 0 aliphatic rings. The molecule has 2 aromatic rings. The maximum atomic E-state index is 12.0. The second-order valence-electron chi connectivity index (χ2n) is 4.58. The maximum absolute atomic E-state index is 12.0. The van der Waals surface area contributed by atoms with Crippen molar-refractivity contribution in [2.24, 2.45) is 0 Å². The van der Waals surface area contributed by atoms with E-state index in [1.165, 1.54) is 12.1 Å². The van der Waals surface area contributed by atoms with E-state index in [2.05, 4.69) is 0 Å². The van der Waals surface area contributed by atoms with E-state index in [4.69, 9.17) is 0 Å². The van der Waals surface area contributed by atoms with Gasteiger partial charge in [0.15, 0.2) is 21.4 Å². The summed E-state index contributed by atoms with van der Waals surface area (Å²) in [5.74, 6) is -1.63. The summed E-state index contributed by atoms with van der Waals surface area (Å²) in [6.07, 6.45) is -0.407. The van der Waals surface area contributed by atoms with Gasteiger partial charge in [0.05, 0.1) is 11.3 Å². The fourth-order valence-corrected chi connectivity index (χ4v) is 3.14. The Hall–Kier alpha value is -2.27. The third kappa shape index (κ3) is 4.10. The van der Waals surface area contributed by atoms with Gasteiger partial charge in [-0.1, -0.05) is 48.5 Å². The van der Waals surface area contributed by atoms with Crippen LogP contribution in [0.1, 0.15) is 16.8 Å². The molecule has 0 heterocycles. The van der Waals surface area contributed by atoms with E-state index in [0.29, 0.717) is 5.56 Å². The fraction of sp³-hybridized carbons (Fsp3) is 0.125. The lowest BCUT2D eigenvalue weighted by atomic mass is 10.1. The lowest BCUT2D eigenvalue weighted by Crippen LogP contribution is -2.19. The zero-order chi connectivity index (χ0) is 15.3. The van der Waals surface area contributed by atoms with Gasteiger partial charge in [0.25, 0.3) is 0 Å². The molecule has 21 heavy (non-hydrogen) atoms.